The van der Waals surface area contributed by atoms with Gasteiger partial charge in [-0.2, -0.15) is 11.8 Å². The number of thioether (sulfide) groups is 1. The Morgan fingerprint density at radius 2 is 2.11 bits per heavy atom. The third-order valence-corrected chi connectivity index (χ3v) is 4.89. The summed E-state index contributed by atoms with van der Waals surface area (Å²) in [6, 6.07) is 9.12. The SMILES string of the molecule is CCCc1cccc(C(N)CC2CCSCC2)c1. The van der Waals surface area contributed by atoms with E-state index < -0.39 is 0 Å². The van der Waals surface area contributed by atoms with Crippen LogP contribution in [0.4, 0.5) is 0 Å². The molecule has 1 aliphatic heterocycles. The molecule has 1 fully saturated rings. The maximum absolute atomic E-state index is 6.38. The second-order valence-electron chi connectivity index (χ2n) is 5.39. The quantitative estimate of drug-likeness (QED) is 0.862. The Balaban J connectivity index is 1.94. The Morgan fingerprint density at radius 3 is 2.83 bits per heavy atom. The summed E-state index contributed by atoms with van der Waals surface area (Å²) in [5.74, 6) is 3.50. The Hall–Kier alpha value is -0.470. The van der Waals surface area contributed by atoms with Crippen LogP contribution in [-0.2, 0) is 6.42 Å². The molecule has 2 rings (SSSR count). The van der Waals surface area contributed by atoms with E-state index in [1.54, 1.807) is 0 Å². The molecule has 1 nitrogen and oxygen atoms in total. The summed E-state index contributed by atoms with van der Waals surface area (Å²) < 4.78 is 0. The van der Waals surface area contributed by atoms with E-state index in [2.05, 4.69) is 43.0 Å². The van der Waals surface area contributed by atoms with E-state index in [0.29, 0.717) is 0 Å². The molecule has 0 bridgehead atoms. The van der Waals surface area contributed by atoms with Crippen molar-refractivity contribution in [1.82, 2.24) is 0 Å². The molecule has 0 saturated carbocycles. The van der Waals surface area contributed by atoms with Crippen LogP contribution in [0.1, 0.15) is 49.8 Å². The van der Waals surface area contributed by atoms with Gasteiger partial charge in [-0.15, -0.1) is 0 Å². The first-order valence-electron chi connectivity index (χ1n) is 7.21. The van der Waals surface area contributed by atoms with Gasteiger partial charge in [0.2, 0.25) is 0 Å². The van der Waals surface area contributed by atoms with Crippen LogP contribution in [0.5, 0.6) is 0 Å². The predicted molar refractivity (Wildman–Crippen MR) is 82.0 cm³/mol. The van der Waals surface area contributed by atoms with E-state index >= 15 is 0 Å². The van der Waals surface area contributed by atoms with Gasteiger partial charge in [0, 0.05) is 6.04 Å². The molecule has 0 aliphatic carbocycles. The van der Waals surface area contributed by atoms with Gasteiger partial charge in [-0.25, -0.2) is 0 Å². The van der Waals surface area contributed by atoms with Gasteiger partial charge in [0.05, 0.1) is 0 Å². The lowest BCUT2D eigenvalue weighted by molar-refractivity contribution is 0.413. The van der Waals surface area contributed by atoms with Crippen LogP contribution in [0.3, 0.4) is 0 Å². The highest BCUT2D eigenvalue weighted by atomic mass is 32.2. The van der Waals surface area contributed by atoms with Crippen LogP contribution >= 0.6 is 11.8 Å². The summed E-state index contributed by atoms with van der Waals surface area (Å²) in [7, 11) is 0. The van der Waals surface area contributed by atoms with Crippen molar-refractivity contribution in [2.24, 2.45) is 11.7 Å². The van der Waals surface area contributed by atoms with E-state index in [1.807, 2.05) is 0 Å². The van der Waals surface area contributed by atoms with E-state index in [9.17, 15) is 0 Å². The van der Waals surface area contributed by atoms with Crippen LogP contribution in [0, 0.1) is 5.92 Å². The Kier molecular flexibility index (Phi) is 5.58. The van der Waals surface area contributed by atoms with Crippen molar-refractivity contribution >= 4 is 11.8 Å². The van der Waals surface area contributed by atoms with Crippen molar-refractivity contribution in [2.45, 2.75) is 45.1 Å². The predicted octanol–water partition coefficient (Wildman–Crippen LogP) is 4.17. The van der Waals surface area contributed by atoms with Crippen molar-refractivity contribution < 1.29 is 0 Å². The van der Waals surface area contributed by atoms with Crippen LogP contribution in [0.15, 0.2) is 24.3 Å². The van der Waals surface area contributed by atoms with Crippen molar-refractivity contribution in [3.8, 4) is 0 Å². The van der Waals surface area contributed by atoms with Crippen molar-refractivity contribution in [2.75, 3.05) is 11.5 Å². The molecule has 1 aromatic carbocycles. The first-order chi connectivity index (χ1) is 8.79. The highest BCUT2D eigenvalue weighted by molar-refractivity contribution is 7.99. The van der Waals surface area contributed by atoms with Gasteiger partial charge < -0.3 is 5.73 Å². The Morgan fingerprint density at radius 1 is 1.33 bits per heavy atom. The fourth-order valence-electron chi connectivity index (χ4n) is 2.75. The molecule has 1 aromatic rings. The van der Waals surface area contributed by atoms with E-state index in [4.69, 9.17) is 5.73 Å². The molecule has 1 saturated heterocycles. The largest absolute Gasteiger partial charge is 0.324 e. The van der Waals surface area contributed by atoms with Crippen LogP contribution in [0.2, 0.25) is 0 Å². The van der Waals surface area contributed by atoms with Gasteiger partial charge in [0.1, 0.15) is 0 Å². The molecule has 1 heterocycles. The monoisotopic (exact) mass is 263 g/mol. The Bertz CT molecular complexity index is 358. The number of nitrogens with two attached hydrogens (primary N) is 1. The maximum atomic E-state index is 6.38. The topological polar surface area (TPSA) is 26.0 Å². The molecule has 2 heteroatoms. The van der Waals surface area contributed by atoms with Gasteiger partial charge in [0.25, 0.3) is 0 Å². The van der Waals surface area contributed by atoms with Crippen molar-refractivity contribution in [3.05, 3.63) is 35.4 Å². The number of rotatable bonds is 5. The second kappa shape index (κ2) is 7.20. The molecule has 1 atom stereocenters. The molecule has 18 heavy (non-hydrogen) atoms. The molecule has 100 valence electrons. The van der Waals surface area contributed by atoms with Gasteiger partial charge >= 0.3 is 0 Å². The zero-order valence-corrected chi connectivity index (χ0v) is 12.2. The molecule has 1 aliphatic rings. The highest BCUT2D eigenvalue weighted by Gasteiger charge is 2.18. The standard InChI is InChI=1S/C16H25NS/c1-2-4-13-5-3-6-15(11-13)16(17)12-14-7-9-18-10-8-14/h3,5-6,11,14,16H,2,4,7-10,12,17H2,1H3. The molecular formula is C16H25NS. The van der Waals surface area contributed by atoms with Gasteiger partial charge in [-0.05, 0) is 54.2 Å². The van der Waals surface area contributed by atoms with E-state index in [0.717, 1.165) is 12.3 Å². The summed E-state index contributed by atoms with van der Waals surface area (Å²) in [4.78, 5) is 0. The average Bonchev–Trinajstić information content (AvgIpc) is 2.40. The molecule has 0 radical (unpaired) electrons. The van der Waals surface area contributed by atoms with Crippen molar-refractivity contribution in [3.63, 3.8) is 0 Å². The highest BCUT2D eigenvalue weighted by Crippen LogP contribution is 2.30. The zero-order chi connectivity index (χ0) is 12.8. The minimum Gasteiger partial charge on any atom is -0.324 e. The molecule has 0 spiro atoms. The number of hydrogen-bond donors (Lipinski definition) is 1. The lowest BCUT2D eigenvalue weighted by atomic mass is 9.90. The lowest BCUT2D eigenvalue weighted by Gasteiger charge is -2.24. The molecule has 1 unspecified atom stereocenters. The van der Waals surface area contributed by atoms with E-state index in [-0.39, 0.29) is 6.04 Å². The summed E-state index contributed by atoms with van der Waals surface area (Å²) in [6.07, 6.45) is 6.25. The first-order valence-corrected chi connectivity index (χ1v) is 8.37. The zero-order valence-electron chi connectivity index (χ0n) is 11.4. The molecule has 0 amide bonds. The molecular weight excluding hydrogens is 238 g/mol. The lowest BCUT2D eigenvalue weighted by Crippen LogP contribution is -2.18. The normalized spacial score (nSPS) is 18.8. The van der Waals surface area contributed by atoms with Gasteiger partial charge in [0.15, 0.2) is 0 Å². The number of benzene rings is 1. The van der Waals surface area contributed by atoms with Crippen LogP contribution in [-0.4, -0.2) is 11.5 Å². The third-order valence-electron chi connectivity index (χ3n) is 3.85. The van der Waals surface area contributed by atoms with Crippen molar-refractivity contribution in [1.29, 1.82) is 0 Å². The summed E-state index contributed by atoms with van der Waals surface area (Å²) in [6.45, 7) is 2.23. The summed E-state index contributed by atoms with van der Waals surface area (Å²) >= 11 is 2.09. The summed E-state index contributed by atoms with van der Waals surface area (Å²) in [5, 5.41) is 0. The number of hydrogen-bond acceptors (Lipinski definition) is 2. The average molecular weight is 263 g/mol. The fourth-order valence-corrected chi connectivity index (χ4v) is 3.95. The van der Waals surface area contributed by atoms with Crippen LogP contribution < -0.4 is 5.73 Å². The number of aryl methyl sites for hydroxylation is 1. The molecule has 2 N–H and O–H groups in total. The van der Waals surface area contributed by atoms with E-state index in [1.165, 1.54) is 48.3 Å². The third kappa shape index (κ3) is 4.03. The van der Waals surface area contributed by atoms with Gasteiger partial charge in [-0.3, -0.25) is 0 Å². The smallest absolute Gasteiger partial charge is 0.0297 e. The maximum Gasteiger partial charge on any atom is 0.0297 e. The first kappa shape index (κ1) is 14.0. The minimum absolute atomic E-state index is 0.231. The second-order valence-corrected chi connectivity index (χ2v) is 6.62. The summed E-state index contributed by atoms with van der Waals surface area (Å²) in [5.41, 5.74) is 9.15. The fraction of sp³-hybridized carbons (Fsp3) is 0.625. The van der Waals surface area contributed by atoms with Crippen LogP contribution in [0.25, 0.3) is 0 Å². The molecule has 0 aromatic heterocycles. The minimum atomic E-state index is 0.231. The Labute approximate surface area is 116 Å². The van der Waals surface area contributed by atoms with Gasteiger partial charge in [-0.1, -0.05) is 37.6 Å².